The van der Waals surface area contributed by atoms with Crippen LogP contribution in [0.15, 0.2) is 73.1 Å². The van der Waals surface area contributed by atoms with Gasteiger partial charge in [0.15, 0.2) is 0 Å². The maximum atomic E-state index is 6.05. The molecule has 4 aromatic rings. The van der Waals surface area contributed by atoms with Gasteiger partial charge in [0, 0.05) is 34.1 Å². The fourth-order valence-corrected chi connectivity index (χ4v) is 3.25. The van der Waals surface area contributed by atoms with Crippen LogP contribution in [-0.2, 0) is 0 Å². The van der Waals surface area contributed by atoms with E-state index in [1.165, 1.54) is 0 Å². The summed E-state index contributed by atoms with van der Waals surface area (Å²) in [6.45, 7) is 2.87. The van der Waals surface area contributed by atoms with E-state index in [1.54, 1.807) is 12.4 Å². The smallest absolute Gasteiger partial charge is 0.138 e. The number of unbranched alkanes of at least 4 members (excludes halogenated alkanes) is 1. The third kappa shape index (κ3) is 4.49. The lowest BCUT2D eigenvalue weighted by molar-refractivity contribution is 0.309. The van der Waals surface area contributed by atoms with Gasteiger partial charge in [-0.25, -0.2) is 4.98 Å². The third-order valence-electron chi connectivity index (χ3n) is 4.66. The van der Waals surface area contributed by atoms with E-state index in [4.69, 9.17) is 21.3 Å². The largest absolute Gasteiger partial charge is 0.494 e. The SMILES string of the molecule is CCCCOc1cccc(-c2nc(-c3ccc(Cl)cc3)[nH]c2-c2ccncc2)c1. The molecule has 0 atom stereocenters. The lowest BCUT2D eigenvalue weighted by Gasteiger charge is -2.08. The van der Waals surface area contributed by atoms with Crippen LogP contribution in [0.3, 0.4) is 0 Å². The van der Waals surface area contributed by atoms with Crippen LogP contribution in [0.2, 0.25) is 5.02 Å². The van der Waals surface area contributed by atoms with Gasteiger partial charge in [0.05, 0.1) is 18.0 Å². The molecule has 0 amide bonds. The van der Waals surface area contributed by atoms with Crippen LogP contribution >= 0.6 is 11.6 Å². The first-order valence-corrected chi connectivity index (χ1v) is 10.1. The first-order chi connectivity index (χ1) is 14.2. The number of H-pyrrole nitrogens is 1. The molecule has 2 aromatic heterocycles. The topological polar surface area (TPSA) is 50.8 Å². The number of pyridine rings is 1. The van der Waals surface area contributed by atoms with Gasteiger partial charge in [-0.3, -0.25) is 4.98 Å². The van der Waals surface area contributed by atoms with Gasteiger partial charge in [-0.05, 0) is 55.0 Å². The van der Waals surface area contributed by atoms with Gasteiger partial charge >= 0.3 is 0 Å². The van der Waals surface area contributed by atoms with Crippen molar-refractivity contribution in [3.63, 3.8) is 0 Å². The molecule has 0 aliphatic heterocycles. The Morgan fingerprint density at radius 3 is 2.48 bits per heavy atom. The Bertz CT molecular complexity index is 1070. The molecule has 2 aromatic carbocycles. The number of hydrogen-bond donors (Lipinski definition) is 1. The van der Waals surface area contributed by atoms with Crippen LogP contribution in [0.4, 0.5) is 0 Å². The van der Waals surface area contributed by atoms with Crippen molar-refractivity contribution in [1.29, 1.82) is 0 Å². The van der Waals surface area contributed by atoms with Crippen molar-refractivity contribution in [3.05, 3.63) is 78.1 Å². The highest BCUT2D eigenvalue weighted by atomic mass is 35.5. The van der Waals surface area contributed by atoms with Gasteiger partial charge in [-0.1, -0.05) is 37.1 Å². The van der Waals surface area contributed by atoms with Crippen LogP contribution in [0.25, 0.3) is 33.9 Å². The monoisotopic (exact) mass is 403 g/mol. The molecule has 0 bridgehead atoms. The second kappa shape index (κ2) is 8.93. The Morgan fingerprint density at radius 1 is 0.931 bits per heavy atom. The second-order valence-electron chi connectivity index (χ2n) is 6.78. The molecule has 2 heterocycles. The standard InChI is InChI=1S/C24H22ClN3O/c1-2-3-15-29-21-6-4-5-19(16-21)23-22(17-11-13-26-14-12-17)27-24(28-23)18-7-9-20(25)10-8-18/h4-14,16H,2-3,15H2,1H3,(H,27,28). The molecule has 0 fully saturated rings. The predicted octanol–water partition coefficient (Wildman–Crippen LogP) is 6.64. The molecule has 0 radical (unpaired) electrons. The van der Waals surface area contributed by atoms with Crippen LogP contribution < -0.4 is 4.74 Å². The Hall–Kier alpha value is -3.11. The molecule has 0 aliphatic rings. The van der Waals surface area contributed by atoms with E-state index in [0.717, 1.165) is 52.5 Å². The van der Waals surface area contributed by atoms with E-state index in [1.807, 2.05) is 54.6 Å². The van der Waals surface area contributed by atoms with E-state index in [0.29, 0.717) is 11.6 Å². The fraction of sp³-hybridized carbons (Fsp3) is 0.167. The quantitative estimate of drug-likeness (QED) is 0.352. The molecule has 5 heteroatoms. The summed E-state index contributed by atoms with van der Waals surface area (Å²) in [6.07, 6.45) is 5.71. The van der Waals surface area contributed by atoms with Crippen molar-refractivity contribution in [3.8, 4) is 39.7 Å². The molecule has 4 rings (SSSR count). The van der Waals surface area contributed by atoms with Crippen molar-refractivity contribution < 1.29 is 4.74 Å². The molecule has 146 valence electrons. The first kappa shape index (κ1) is 19.2. The number of halogens is 1. The molecular formula is C24H22ClN3O. The number of imidazole rings is 1. The Morgan fingerprint density at radius 2 is 1.72 bits per heavy atom. The number of nitrogens with one attached hydrogen (secondary N) is 1. The van der Waals surface area contributed by atoms with Crippen LogP contribution in [-0.4, -0.2) is 21.6 Å². The minimum absolute atomic E-state index is 0.701. The maximum Gasteiger partial charge on any atom is 0.138 e. The number of benzene rings is 2. The maximum absolute atomic E-state index is 6.05. The fourth-order valence-electron chi connectivity index (χ4n) is 3.12. The van der Waals surface area contributed by atoms with Crippen molar-refractivity contribution in [2.24, 2.45) is 0 Å². The number of aromatic amines is 1. The summed E-state index contributed by atoms with van der Waals surface area (Å²) in [5.74, 6) is 1.65. The highest BCUT2D eigenvalue weighted by Crippen LogP contribution is 2.34. The minimum Gasteiger partial charge on any atom is -0.494 e. The number of rotatable bonds is 7. The van der Waals surface area contributed by atoms with Gasteiger partial charge in [0.25, 0.3) is 0 Å². The van der Waals surface area contributed by atoms with Gasteiger partial charge in [0.2, 0.25) is 0 Å². The number of aromatic nitrogens is 3. The molecular weight excluding hydrogens is 382 g/mol. The van der Waals surface area contributed by atoms with Crippen LogP contribution in [0.5, 0.6) is 5.75 Å². The highest BCUT2D eigenvalue weighted by Gasteiger charge is 2.16. The lowest BCUT2D eigenvalue weighted by Crippen LogP contribution is -1.96. The van der Waals surface area contributed by atoms with Crippen molar-refractivity contribution >= 4 is 11.6 Å². The third-order valence-corrected chi connectivity index (χ3v) is 4.92. The Labute approximate surface area is 175 Å². The first-order valence-electron chi connectivity index (χ1n) is 9.74. The summed E-state index contributed by atoms with van der Waals surface area (Å²) < 4.78 is 5.90. The Balaban J connectivity index is 1.77. The summed E-state index contributed by atoms with van der Waals surface area (Å²) in [7, 11) is 0. The molecule has 0 aliphatic carbocycles. The molecule has 0 unspecified atom stereocenters. The minimum atomic E-state index is 0.701. The van der Waals surface area contributed by atoms with Gasteiger partial charge in [-0.2, -0.15) is 0 Å². The summed E-state index contributed by atoms with van der Waals surface area (Å²) >= 11 is 6.05. The molecule has 4 nitrogen and oxygen atoms in total. The van der Waals surface area contributed by atoms with Gasteiger partial charge in [-0.15, -0.1) is 0 Å². The normalized spacial score (nSPS) is 10.8. The van der Waals surface area contributed by atoms with E-state index in [9.17, 15) is 0 Å². The zero-order chi connectivity index (χ0) is 20.1. The van der Waals surface area contributed by atoms with Gasteiger partial charge < -0.3 is 9.72 Å². The zero-order valence-corrected chi connectivity index (χ0v) is 17.0. The summed E-state index contributed by atoms with van der Waals surface area (Å²) in [6, 6.07) is 19.7. The van der Waals surface area contributed by atoms with E-state index >= 15 is 0 Å². The summed E-state index contributed by atoms with van der Waals surface area (Å²) in [4.78, 5) is 12.5. The van der Waals surface area contributed by atoms with E-state index < -0.39 is 0 Å². The van der Waals surface area contributed by atoms with Crippen molar-refractivity contribution in [1.82, 2.24) is 15.0 Å². The van der Waals surface area contributed by atoms with E-state index in [-0.39, 0.29) is 0 Å². The van der Waals surface area contributed by atoms with E-state index in [2.05, 4.69) is 23.0 Å². The summed E-state index contributed by atoms with van der Waals surface area (Å²) in [5, 5.41) is 0.701. The average Bonchev–Trinajstić information content (AvgIpc) is 3.21. The lowest BCUT2D eigenvalue weighted by atomic mass is 10.1. The molecule has 0 spiro atoms. The highest BCUT2D eigenvalue weighted by molar-refractivity contribution is 6.30. The number of nitrogens with zero attached hydrogens (tertiary/aromatic N) is 2. The van der Waals surface area contributed by atoms with Crippen molar-refractivity contribution in [2.75, 3.05) is 6.61 Å². The second-order valence-corrected chi connectivity index (χ2v) is 7.22. The summed E-state index contributed by atoms with van der Waals surface area (Å²) in [5.41, 5.74) is 4.83. The number of hydrogen-bond acceptors (Lipinski definition) is 3. The molecule has 29 heavy (non-hydrogen) atoms. The molecule has 0 saturated carbocycles. The van der Waals surface area contributed by atoms with Crippen LogP contribution in [0.1, 0.15) is 19.8 Å². The molecule has 0 saturated heterocycles. The Kier molecular flexibility index (Phi) is 5.92. The predicted molar refractivity (Wildman–Crippen MR) is 118 cm³/mol. The molecule has 1 N–H and O–H groups in total. The average molecular weight is 404 g/mol. The van der Waals surface area contributed by atoms with Gasteiger partial charge in [0.1, 0.15) is 11.6 Å². The van der Waals surface area contributed by atoms with Crippen molar-refractivity contribution in [2.45, 2.75) is 19.8 Å². The number of ether oxygens (including phenoxy) is 1. The van der Waals surface area contributed by atoms with Crippen LogP contribution in [0, 0.1) is 0 Å². The zero-order valence-electron chi connectivity index (χ0n) is 16.2.